The molecule has 2 aliphatic rings. The van der Waals surface area contributed by atoms with Crippen molar-refractivity contribution in [2.24, 2.45) is 5.92 Å². The van der Waals surface area contributed by atoms with E-state index in [9.17, 15) is 8.42 Å². The Bertz CT molecular complexity index is 252. The first kappa shape index (κ1) is 8.51. The molecule has 12 heavy (non-hydrogen) atoms. The summed E-state index contributed by atoms with van der Waals surface area (Å²) >= 11 is 0. The van der Waals surface area contributed by atoms with Crippen molar-refractivity contribution in [2.45, 2.75) is 24.5 Å². The van der Waals surface area contributed by atoms with Crippen LogP contribution in [-0.4, -0.2) is 32.5 Å². The monoisotopic (exact) mass is 189 g/mol. The van der Waals surface area contributed by atoms with Crippen LogP contribution in [0.3, 0.4) is 0 Å². The van der Waals surface area contributed by atoms with Gasteiger partial charge in [-0.05, 0) is 18.8 Å². The lowest BCUT2D eigenvalue weighted by atomic mass is 10.00. The maximum absolute atomic E-state index is 11.6. The van der Waals surface area contributed by atoms with Gasteiger partial charge in [-0.1, -0.05) is 6.42 Å². The lowest BCUT2D eigenvalue weighted by Crippen LogP contribution is -2.47. The predicted octanol–water partition coefficient (Wildman–Crippen LogP) is 0.173. The molecule has 0 amide bonds. The van der Waals surface area contributed by atoms with Gasteiger partial charge in [0.25, 0.3) is 0 Å². The van der Waals surface area contributed by atoms with Crippen LogP contribution in [0.25, 0.3) is 0 Å². The van der Waals surface area contributed by atoms with Crippen molar-refractivity contribution in [3.63, 3.8) is 0 Å². The van der Waals surface area contributed by atoms with Crippen LogP contribution in [0.2, 0.25) is 0 Å². The fraction of sp³-hybridized carbons (Fsp3) is 1.00. The number of hydrogen-bond donors (Lipinski definition) is 1. The van der Waals surface area contributed by atoms with E-state index in [4.69, 9.17) is 0 Å². The molecule has 1 N–H and O–H groups in total. The van der Waals surface area contributed by atoms with Crippen LogP contribution in [-0.2, 0) is 9.84 Å². The van der Waals surface area contributed by atoms with Crippen LogP contribution in [0.4, 0.5) is 0 Å². The van der Waals surface area contributed by atoms with Crippen LogP contribution >= 0.6 is 0 Å². The summed E-state index contributed by atoms with van der Waals surface area (Å²) in [5.41, 5.74) is 0. The van der Waals surface area contributed by atoms with Gasteiger partial charge in [0.1, 0.15) is 0 Å². The van der Waals surface area contributed by atoms with E-state index in [-0.39, 0.29) is 5.25 Å². The number of rotatable bonds is 3. The minimum Gasteiger partial charge on any atom is -0.316 e. The molecule has 3 nitrogen and oxygen atoms in total. The van der Waals surface area contributed by atoms with Gasteiger partial charge in [-0.25, -0.2) is 8.42 Å². The molecule has 4 heteroatoms. The standard InChI is InChI=1S/C8H15NO2S/c10-12(11,8-2-1-3-8)6-7-4-9-5-7/h7-9H,1-6H2. The van der Waals surface area contributed by atoms with E-state index in [0.717, 1.165) is 32.4 Å². The van der Waals surface area contributed by atoms with Crippen molar-refractivity contribution in [1.29, 1.82) is 0 Å². The zero-order chi connectivity index (χ0) is 8.60. The smallest absolute Gasteiger partial charge is 0.153 e. The molecule has 1 aliphatic heterocycles. The highest BCUT2D eigenvalue weighted by molar-refractivity contribution is 7.92. The van der Waals surface area contributed by atoms with E-state index in [0.29, 0.717) is 11.7 Å². The molecular weight excluding hydrogens is 174 g/mol. The van der Waals surface area contributed by atoms with Gasteiger partial charge in [-0.2, -0.15) is 0 Å². The average Bonchev–Trinajstić information content (AvgIpc) is 1.73. The number of hydrogen-bond acceptors (Lipinski definition) is 3. The fourth-order valence-corrected chi connectivity index (χ4v) is 3.88. The normalized spacial score (nSPS) is 26.3. The quantitative estimate of drug-likeness (QED) is 0.688. The molecule has 70 valence electrons. The minimum absolute atomic E-state index is 0.0121. The van der Waals surface area contributed by atoms with E-state index in [1.54, 1.807) is 0 Å². The van der Waals surface area contributed by atoms with Gasteiger partial charge in [0.2, 0.25) is 0 Å². The largest absolute Gasteiger partial charge is 0.316 e. The second kappa shape index (κ2) is 3.00. The van der Waals surface area contributed by atoms with Crippen molar-refractivity contribution < 1.29 is 8.42 Å². The summed E-state index contributed by atoms with van der Waals surface area (Å²) in [4.78, 5) is 0. The maximum atomic E-state index is 11.6. The molecule has 1 aliphatic carbocycles. The molecule has 2 rings (SSSR count). The Hall–Kier alpha value is -0.0900. The number of nitrogens with one attached hydrogen (secondary N) is 1. The molecule has 1 saturated carbocycles. The van der Waals surface area contributed by atoms with E-state index < -0.39 is 9.84 Å². The van der Waals surface area contributed by atoms with Gasteiger partial charge in [-0.3, -0.25) is 0 Å². The summed E-state index contributed by atoms with van der Waals surface area (Å²) in [6, 6.07) is 0. The summed E-state index contributed by atoms with van der Waals surface area (Å²) in [6.07, 6.45) is 2.91. The molecule has 0 unspecified atom stereocenters. The highest BCUT2D eigenvalue weighted by Crippen LogP contribution is 2.28. The highest BCUT2D eigenvalue weighted by Gasteiger charge is 2.34. The summed E-state index contributed by atoms with van der Waals surface area (Å²) in [7, 11) is -2.72. The molecule has 1 heterocycles. The summed E-state index contributed by atoms with van der Waals surface area (Å²) in [6.45, 7) is 1.79. The van der Waals surface area contributed by atoms with Crippen LogP contribution in [0, 0.1) is 5.92 Å². The molecule has 0 aromatic carbocycles. The topological polar surface area (TPSA) is 46.2 Å². The third kappa shape index (κ3) is 1.50. The van der Waals surface area contributed by atoms with Crippen LogP contribution in [0.5, 0.6) is 0 Å². The van der Waals surface area contributed by atoms with Crippen molar-refractivity contribution in [3.05, 3.63) is 0 Å². The van der Waals surface area contributed by atoms with E-state index in [2.05, 4.69) is 5.32 Å². The number of sulfone groups is 1. The van der Waals surface area contributed by atoms with Gasteiger partial charge < -0.3 is 5.32 Å². The molecule has 0 aromatic heterocycles. The van der Waals surface area contributed by atoms with Crippen molar-refractivity contribution in [2.75, 3.05) is 18.8 Å². The lowest BCUT2D eigenvalue weighted by molar-refractivity contribution is 0.373. The first-order chi connectivity index (χ1) is 5.68. The second-order valence-corrected chi connectivity index (χ2v) is 6.23. The van der Waals surface area contributed by atoms with Crippen LogP contribution < -0.4 is 5.32 Å². The van der Waals surface area contributed by atoms with Crippen molar-refractivity contribution in [1.82, 2.24) is 5.32 Å². The van der Waals surface area contributed by atoms with E-state index >= 15 is 0 Å². The van der Waals surface area contributed by atoms with Crippen molar-refractivity contribution in [3.8, 4) is 0 Å². The molecule has 0 atom stereocenters. The SMILES string of the molecule is O=S(=O)(CC1CNC1)C1CCC1. The Morgan fingerprint density at radius 2 is 1.92 bits per heavy atom. The second-order valence-electron chi connectivity index (χ2n) is 3.91. The first-order valence-corrected chi connectivity index (χ1v) is 6.32. The summed E-state index contributed by atoms with van der Waals surface area (Å²) in [5.74, 6) is 0.820. The minimum atomic E-state index is -2.72. The summed E-state index contributed by atoms with van der Waals surface area (Å²) in [5, 5.41) is 3.11. The fourth-order valence-electron chi connectivity index (χ4n) is 1.66. The Balaban J connectivity index is 1.90. The molecule has 0 spiro atoms. The predicted molar refractivity (Wildman–Crippen MR) is 47.8 cm³/mol. The van der Waals surface area contributed by atoms with Gasteiger partial charge in [0, 0.05) is 13.1 Å². The van der Waals surface area contributed by atoms with Crippen LogP contribution in [0.15, 0.2) is 0 Å². The zero-order valence-corrected chi connectivity index (χ0v) is 7.94. The Morgan fingerprint density at radius 1 is 1.25 bits per heavy atom. The van der Waals surface area contributed by atoms with Gasteiger partial charge >= 0.3 is 0 Å². The molecule has 0 radical (unpaired) electrons. The Labute approximate surface area is 73.5 Å². The van der Waals surface area contributed by atoms with Gasteiger partial charge in [0.05, 0.1) is 11.0 Å². The van der Waals surface area contributed by atoms with Crippen LogP contribution in [0.1, 0.15) is 19.3 Å². The third-order valence-electron chi connectivity index (χ3n) is 2.89. The molecular formula is C8H15NO2S. The van der Waals surface area contributed by atoms with E-state index in [1.807, 2.05) is 0 Å². The summed E-state index contributed by atoms with van der Waals surface area (Å²) < 4.78 is 23.2. The first-order valence-electron chi connectivity index (χ1n) is 4.61. The lowest BCUT2D eigenvalue weighted by Gasteiger charge is -2.31. The molecule has 0 aromatic rings. The maximum Gasteiger partial charge on any atom is 0.153 e. The molecule has 2 fully saturated rings. The van der Waals surface area contributed by atoms with Gasteiger partial charge in [-0.15, -0.1) is 0 Å². The third-order valence-corrected chi connectivity index (χ3v) is 5.32. The highest BCUT2D eigenvalue weighted by atomic mass is 32.2. The Morgan fingerprint density at radius 3 is 2.25 bits per heavy atom. The van der Waals surface area contributed by atoms with E-state index in [1.165, 1.54) is 0 Å². The average molecular weight is 189 g/mol. The zero-order valence-electron chi connectivity index (χ0n) is 7.12. The van der Waals surface area contributed by atoms with Crippen molar-refractivity contribution >= 4 is 9.84 Å². The Kier molecular flexibility index (Phi) is 2.12. The molecule has 1 saturated heterocycles. The van der Waals surface area contributed by atoms with Gasteiger partial charge in [0.15, 0.2) is 9.84 Å². The molecule has 0 bridgehead atoms.